The normalized spacial score (nSPS) is 22.8. The highest BCUT2D eigenvalue weighted by Crippen LogP contribution is 2.42. The van der Waals surface area contributed by atoms with Crippen LogP contribution in [0.4, 0.5) is 0 Å². The van der Waals surface area contributed by atoms with Gasteiger partial charge < -0.3 is 9.47 Å². The van der Waals surface area contributed by atoms with Gasteiger partial charge in [0.2, 0.25) is 0 Å². The van der Waals surface area contributed by atoms with E-state index in [2.05, 4.69) is 19.9 Å². The first-order valence-electron chi connectivity index (χ1n) is 9.48. The minimum atomic E-state index is -0.233. The molecule has 1 fully saturated rings. The molecule has 1 aliphatic rings. The van der Waals surface area contributed by atoms with E-state index in [1.54, 1.807) is 12.1 Å². The van der Waals surface area contributed by atoms with E-state index >= 15 is 0 Å². The van der Waals surface area contributed by atoms with Crippen molar-refractivity contribution in [2.45, 2.75) is 65.2 Å². The molecule has 0 atom stereocenters. The summed E-state index contributed by atoms with van der Waals surface area (Å²) >= 11 is 0. The Morgan fingerprint density at radius 1 is 1.16 bits per heavy atom. The average Bonchev–Trinajstić information content (AvgIpc) is 2.64. The Bertz CT molecular complexity index is 580. The molecule has 1 aliphatic carbocycles. The molecule has 1 saturated carbocycles. The summed E-state index contributed by atoms with van der Waals surface area (Å²) in [6, 6.07) is 9.71. The van der Waals surface area contributed by atoms with Crippen LogP contribution in [0.2, 0.25) is 0 Å². The third kappa shape index (κ3) is 5.49. The van der Waals surface area contributed by atoms with Gasteiger partial charge in [0, 0.05) is 0 Å². The Balaban J connectivity index is 1.83. The number of benzene rings is 1. The zero-order chi connectivity index (χ0) is 18.1. The predicted octanol–water partition coefficient (Wildman–Crippen LogP) is 5.27. The molecule has 4 heteroatoms. The van der Waals surface area contributed by atoms with Crippen LogP contribution < -0.4 is 9.47 Å². The Morgan fingerprint density at radius 2 is 1.80 bits per heavy atom. The second-order valence-electron chi connectivity index (χ2n) is 7.01. The van der Waals surface area contributed by atoms with Crippen molar-refractivity contribution in [1.29, 1.82) is 5.26 Å². The van der Waals surface area contributed by atoms with Gasteiger partial charge >= 0.3 is 5.97 Å². The SMILES string of the molecule is CCCCOc1ccc(OC(=O)[C@H]2CC[C@](C#N)(CCC)CC2)cc1. The molecule has 0 heterocycles. The number of carbonyl (C=O) groups is 1. The maximum absolute atomic E-state index is 12.4. The minimum Gasteiger partial charge on any atom is -0.494 e. The molecule has 4 nitrogen and oxygen atoms in total. The number of hydrogen-bond donors (Lipinski definition) is 0. The van der Waals surface area contributed by atoms with Crippen molar-refractivity contribution in [2.24, 2.45) is 11.3 Å². The summed E-state index contributed by atoms with van der Waals surface area (Å²) in [5.41, 5.74) is -0.233. The van der Waals surface area contributed by atoms with Crippen LogP contribution in [0.3, 0.4) is 0 Å². The topological polar surface area (TPSA) is 59.3 Å². The van der Waals surface area contributed by atoms with Crippen LogP contribution in [0, 0.1) is 22.7 Å². The number of unbranched alkanes of at least 4 members (excludes halogenated alkanes) is 1. The summed E-state index contributed by atoms with van der Waals surface area (Å²) in [6.07, 6.45) is 7.13. The number of esters is 1. The molecule has 0 radical (unpaired) electrons. The zero-order valence-corrected chi connectivity index (χ0v) is 15.4. The lowest BCUT2D eigenvalue weighted by molar-refractivity contribution is -0.140. The lowest BCUT2D eigenvalue weighted by Crippen LogP contribution is -2.31. The lowest BCUT2D eigenvalue weighted by atomic mass is 9.69. The smallest absolute Gasteiger partial charge is 0.314 e. The molecule has 1 aromatic carbocycles. The Labute approximate surface area is 151 Å². The van der Waals surface area contributed by atoms with Crippen molar-refractivity contribution in [2.75, 3.05) is 6.61 Å². The summed E-state index contributed by atoms with van der Waals surface area (Å²) in [5.74, 6) is 1.07. The fraction of sp³-hybridized carbons (Fsp3) is 0.619. The van der Waals surface area contributed by atoms with Gasteiger partial charge in [0.15, 0.2) is 0 Å². The van der Waals surface area contributed by atoms with Crippen LogP contribution >= 0.6 is 0 Å². The number of nitrogens with zero attached hydrogens (tertiary/aromatic N) is 1. The summed E-state index contributed by atoms with van der Waals surface area (Å²) in [5, 5.41) is 9.46. The Kier molecular flexibility index (Phi) is 7.31. The van der Waals surface area contributed by atoms with Gasteiger partial charge in [0.25, 0.3) is 0 Å². The number of ether oxygens (including phenoxy) is 2. The minimum absolute atomic E-state index is 0.0983. The van der Waals surface area contributed by atoms with Crippen LogP contribution in [0.25, 0.3) is 0 Å². The van der Waals surface area contributed by atoms with E-state index in [1.807, 2.05) is 12.1 Å². The quantitative estimate of drug-likeness (QED) is 0.366. The van der Waals surface area contributed by atoms with E-state index in [0.717, 1.165) is 57.1 Å². The second kappa shape index (κ2) is 9.46. The van der Waals surface area contributed by atoms with Crippen molar-refractivity contribution in [3.8, 4) is 17.6 Å². The summed E-state index contributed by atoms with van der Waals surface area (Å²) in [6.45, 7) is 4.94. The van der Waals surface area contributed by atoms with E-state index < -0.39 is 0 Å². The molecule has 0 spiro atoms. The number of hydrogen-bond acceptors (Lipinski definition) is 4. The number of carbonyl (C=O) groups excluding carboxylic acids is 1. The summed E-state index contributed by atoms with van der Waals surface area (Å²) < 4.78 is 11.1. The van der Waals surface area contributed by atoms with Gasteiger partial charge in [-0.1, -0.05) is 26.7 Å². The van der Waals surface area contributed by atoms with E-state index in [1.165, 1.54) is 0 Å². The number of rotatable bonds is 8. The first-order chi connectivity index (χ1) is 12.1. The molecule has 0 aliphatic heterocycles. The first kappa shape index (κ1) is 19.3. The van der Waals surface area contributed by atoms with E-state index in [9.17, 15) is 10.1 Å². The maximum atomic E-state index is 12.4. The zero-order valence-electron chi connectivity index (χ0n) is 15.4. The van der Waals surface area contributed by atoms with Gasteiger partial charge in [-0.05, 0) is 62.8 Å². The number of nitriles is 1. The van der Waals surface area contributed by atoms with Crippen LogP contribution in [-0.4, -0.2) is 12.6 Å². The maximum Gasteiger partial charge on any atom is 0.314 e. The average molecular weight is 343 g/mol. The highest BCUT2D eigenvalue weighted by Gasteiger charge is 2.37. The third-order valence-corrected chi connectivity index (χ3v) is 5.05. The molecule has 0 N–H and O–H groups in total. The van der Waals surface area contributed by atoms with Crippen molar-refractivity contribution < 1.29 is 14.3 Å². The van der Waals surface area contributed by atoms with Crippen LogP contribution in [0.1, 0.15) is 65.2 Å². The van der Waals surface area contributed by atoms with Gasteiger partial charge in [-0.2, -0.15) is 5.26 Å². The fourth-order valence-corrected chi connectivity index (χ4v) is 3.44. The molecular weight excluding hydrogens is 314 g/mol. The molecule has 0 bridgehead atoms. The molecule has 0 unspecified atom stereocenters. The van der Waals surface area contributed by atoms with Gasteiger partial charge in [-0.3, -0.25) is 4.79 Å². The Hall–Kier alpha value is -2.02. The van der Waals surface area contributed by atoms with E-state index in [-0.39, 0.29) is 17.3 Å². The predicted molar refractivity (Wildman–Crippen MR) is 97.4 cm³/mol. The van der Waals surface area contributed by atoms with E-state index in [0.29, 0.717) is 12.4 Å². The second-order valence-corrected chi connectivity index (χ2v) is 7.01. The summed E-state index contributed by atoms with van der Waals surface area (Å²) in [4.78, 5) is 12.4. The molecule has 0 saturated heterocycles. The molecule has 0 aromatic heterocycles. The van der Waals surface area contributed by atoms with Crippen LogP contribution in [0.5, 0.6) is 11.5 Å². The van der Waals surface area contributed by atoms with Crippen LogP contribution in [-0.2, 0) is 4.79 Å². The van der Waals surface area contributed by atoms with E-state index in [4.69, 9.17) is 9.47 Å². The van der Waals surface area contributed by atoms with Gasteiger partial charge in [-0.25, -0.2) is 0 Å². The Morgan fingerprint density at radius 3 is 2.36 bits per heavy atom. The lowest BCUT2D eigenvalue weighted by Gasteiger charge is -2.33. The fourth-order valence-electron chi connectivity index (χ4n) is 3.44. The standard InChI is InChI=1S/C21H29NO3/c1-3-5-15-24-18-6-8-19(9-7-18)25-20(23)17-10-13-21(16-22,12-4-2)14-11-17/h6-9,17H,3-5,10-15H2,1-2H3/t17-,21+. The summed E-state index contributed by atoms with van der Waals surface area (Å²) in [7, 11) is 0. The van der Waals surface area contributed by atoms with Crippen LogP contribution in [0.15, 0.2) is 24.3 Å². The van der Waals surface area contributed by atoms with Gasteiger partial charge in [0.05, 0.1) is 24.0 Å². The highest BCUT2D eigenvalue weighted by molar-refractivity contribution is 5.75. The molecular formula is C21H29NO3. The van der Waals surface area contributed by atoms with Gasteiger partial charge in [-0.15, -0.1) is 0 Å². The molecule has 25 heavy (non-hydrogen) atoms. The third-order valence-electron chi connectivity index (χ3n) is 5.05. The first-order valence-corrected chi connectivity index (χ1v) is 9.48. The largest absolute Gasteiger partial charge is 0.494 e. The monoisotopic (exact) mass is 343 g/mol. The van der Waals surface area contributed by atoms with Crippen molar-refractivity contribution >= 4 is 5.97 Å². The molecule has 136 valence electrons. The highest BCUT2D eigenvalue weighted by atomic mass is 16.5. The van der Waals surface area contributed by atoms with Crippen molar-refractivity contribution in [3.63, 3.8) is 0 Å². The molecule has 0 amide bonds. The van der Waals surface area contributed by atoms with Crippen molar-refractivity contribution in [3.05, 3.63) is 24.3 Å². The van der Waals surface area contributed by atoms with Crippen molar-refractivity contribution in [1.82, 2.24) is 0 Å². The van der Waals surface area contributed by atoms with Gasteiger partial charge in [0.1, 0.15) is 11.5 Å². The molecule has 2 rings (SSSR count). The molecule has 1 aromatic rings.